The van der Waals surface area contributed by atoms with Gasteiger partial charge in [-0.05, 0) is 43.2 Å². The summed E-state index contributed by atoms with van der Waals surface area (Å²) in [6.45, 7) is 4.03. The normalized spacial score (nSPS) is 10.6. The molecule has 0 atom stereocenters. The van der Waals surface area contributed by atoms with E-state index in [4.69, 9.17) is 4.74 Å². The lowest BCUT2D eigenvalue weighted by molar-refractivity contribution is -0.384. The van der Waals surface area contributed by atoms with Gasteiger partial charge >= 0.3 is 0 Å². The fraction of sp³-hybridized carbons (Fsp3) is 0.200. The van der Waals surface area contributed by atoms with Gasteiger partial charge in [0.2, 0.25) is 5.91 Å². The Kier molecular flexibility index (Phi) is 6.18. The van der Waals surface area contributed by atoms with Crippen molar-refractivity contribution in [2.24, 2.45) is 0 Å². The highest BCUT2D eigenvalue weighted by Crippen LogP contribution is 2.29. The van der Waals surface area contributed by atoms with E-state index in [0.717, 1.165) is 16.8 Å². The van der Waals surface area contributed by atoms with Crippen LogP contribution in [-0.4, -0.2) is 33.2 Å². The number of imidazole rings is 1. The van der Waals surface area contributed by atoms with Crippen LogP contribution in [0.2, 0.25) is 0 Å². The Morgan fingerprint density at radius 1 is 1.28 bits per heavy atom. The second kappa shape index (κ2) is 8.78. The van der Waals surface area contributed by atoms with Gasteiger partial charge in [-0.1, -0.05) is 23.9 Å². The zero-order chi connectivity index (χ0) is 21.0. The Hall–Kier alpha value is -3.33. The van der Waals surface area contributed by atoms with Gasteiger partial charge in [0.1, 0.15) is 11.4 Å². The molecule has 1 N–H and O–H groups in total. The third kappa shape index (κ3) is 4.75. The van der Waals surface area contributed by atoms with Crippen LogP contribution in [0.3, 0.4) is 0 Å². The van der Waals surface area contributed by atoms with Gasteiger partial charge < -0.3 is 10.1 Å². The van der Waals surface area contributed by atoms with E-state index in [0.29, 0.717) is 10.9 Å². The smallest absolute Gasteiger partial charge is 0.296 e. The van der Waals surface area contributed by atoms with Gasteiger partial charge in [-0.25, -0.2) is 4.98 Å². The largest absolute Gasteiger partial charge is 0.496 e. The van der Waals surface area contributed by atoms with Gasteiger partial charge in [-0.2, -0.15) is 0 Å². The van der Waals surface area contributed by atoms with Crippen molar-refractivity contribution in [3.63, 3.8) is 0 Å². The van der Waals surface area contributed by atoms with Gasteiger partial charge in [0.05, 0.1) is 29.5 Å². The van der Waals surface area contributed by atoms with E-state index >= 15 is 0 Å². The molecule has 0 aliphatic rings. The Bertz CT molecular complexity index is 1060. The first-order valence-electron chi connectivity index (χ1n) is 8.75. The maximum atomic E-state index is 12.4. The minimum Gasteiger partial charge on any atom is -0.496 e. The number of carbonyl (C=O) groups is 1. The topological polar surface area (TPSA) is 99.3 Å². The van der Waals surface area contributed by atoms with Gasteiger partial charge in [0.15, 0.2) is 5.16 Å². The quantitative estimate of drug-likeness (QED) is 0.356. The Labute approximate surface area is 172 Å². The number of aryl methyl sites for hydroxylation is 2. The maximum absolute atomic E-state index is 12.4. The van der Waals surface area contributed by atoms with Crippen LogP contribution >= 0.6 is 11.8 Å². The number of carbonyl (C=O) groups excluding carboxylic acids is 1. The number of benzene rings is 2. The molecule has 0 saturated heterocycles. The van der Waals surface area contributed by atoms with Crippen molar-refractivity contribution in [2.75, 3.05) is 18.2 Å². The van der Waals surface area contributed by atoms with Crippen molar-refractivity contribution in [1.82, 2.24) is 9.55 Å². The Morgan fingerprint density at radius 2 is 2.07 bits per heavy atom. The minimum absolute atomic E-state index is 0.0606. The maximum Gasteiger partial charge on any atom is 0.296 e. The summed E-state index contributed by atoms with van der Waals surface area (Å²) in [7, 11) is 1.42. The number of nitrogens with one attached hydrogen (secondary N) is 1. The van der Waals surface area contributed by atoms with E-state index in [1.54, 1.807) is 12.3 Å². The number of rotatable bonds is 7. The van der Waals surface area contributed by atoms with E-state index in [-0.39, 0.29) is 23.0 Å². The van der Waals surface area contributed by atoms with Crippen LogP contribution in [0.4, 0.5) is 11.4 Å². The molecule has 1 heterocycles. The third-order valence-electron chi connectivity index (χ3n) is 4.24. The van der Waals surface area contributed by atoms with Crippen LogP contribution in [0.25, 0.3) is 5.69 Å². The molecule has 0 unspecified atom stereocenters. The van der Waals surface area contributed by atoms with Crippen LogP contribution in [-0.2, 0) is 4.79 Å². The lowest BCUT2D eigenvalue weighted by Crippen LogP contribution is -2.15. The molecule has 0 fully saturated rings. The molecule has 29 heavy (non-hydrogen) atoms. The van der Waals surface area contributed by atoms with Crippen LogP contribution in [0.1, 0.15) is 11.1 Å². The Balaban J connectivity index is 1.72. The number of aromatic nitrogens is 2. The summed E-state index contributed by atoms with van der Waals surface area (Å²) in [5.74, 6) is 0.0452. The SMILES string of the molecule is COc1ccc(NC(=O)CSc2nccn2-c2cc(C)ccc2C)c([N+](=O)[O-])c1. The average Bonchev–Trinajstić information content (AvgIpc) is 3.16. The lowest BCUT2D eigenvalue weighted by Gasteiger charge is -2.11. The first-order valence-corrected chi connectivity index (χ1v) is 9.73. The van der Waals surface area contributed by atoms with Crippen LogP contribution in [0.15, 0.2) is 53.9 Å². The van der Waals surface area contributed by atoms with Crippen molar-refractivity contribution >= 4 is 29.0 Å². The molecule has 0 spiro atoms. The number of ether oxygens (including phenoxy) is 1. The van der Waals surface area contributed by atoms with Crippen molar-refractivity contribution in [3.8, 4) is 11.4 Å². The number of nitro benzene ring substituents is 1. The number of amides is 1. The van der Waals surface area contributed by atoms with E-state index in [9.17, 15) is 14.9 Å². The van der Waals surface area contributed by atoms with E-state index in [1.165, 1.54) is 31.0 Å². The first-order chi connectivity index (χ1) is 13.9. The molecule has 0 bridgehead atoms. The molecule has 2 aromatic carbocycles. The van der Waals surface area contributed by atoms with E-state index in [1.807, 2.05) is 36.7 Å². The van der Waals surface area contributed by atoms with Crippen LogP contribution in [0.5, 0.6) is 5.75 Å². The summed E-state index contributed by atoms with van der Waals surface area (Å²) in [5, 5.41) is 14.5. The third-order valence-corrected chi connectivity index (χ3v) is 5.21. The molecular weight excluding hydrogens is 392 g/mol. The second-order valence-corrected chi connectivity index (χ2v) is 7.29. The molecule has 9 heteroatoms. The molecule has 8 nitrogen and oxygen atoms in total. The van der Waals surface area contributed by atoms with Crippen molar-refractivity contribution in [1.29, 1.82) is 0 Å². The summed E-state index contributed by atoms with van der Waals surface area (Å²) < 4.78 is 6.93. The number of nitrogens with zero attached hydrogens (tertiary/aromatic N) is 3. The molecule has 1 aromatic heterocycles. The molecule has 1 amide bonds. The zero-order valence-electron chi connectivity index (χ0n) is 16.2. The number of methoxy groups -OCH3 is 1. The summed E-state index contributed by atoms with van der Waals surface area (Å²) in [4.78, 5) is 27.4. The molecule has 0 radical (unpaired) electrons. The molecule has 150 valence electrons. The number of nitro groups is 1. The van der Waals surface area contributed by atoms with Crippen molar-refractivity contribution in [2.45, 2.75) is 19.0 Å². The molecule has 0 saturated carbocycles. The summed E-state index contributed by atoms with van der Waals surface area (Å²) in [6.07, 6.45) is 3.52. The zero-order valence-corrected chi connectivity index (χ0v) is 17.0. The monoisotopic (exact) mass is 412 g/mol. The highest BCUT2D eigenvalue weighted by atomic mass is 32.2. The Morgan fingerprint density at radius 3 is 2.79 bits per heavy atom. The van der Waals surface area contributed by atoms with Crippen LogP contribution in [0, 0.1) is 24.0 Å². The molecule has 3 aromatic rings. The first kappa shape index (κ1) is 20.4. The number of hydrogen-bond acceptors (Lipinski definition) is 6. The highest BCUT2D eigenvalue weighted by Gasteiger charge is 2.18. The average molecular weight is 412 g/mol. The van der Waals surface area contributed by atoms with Gasteiger partial charge in [0.25, 0.3) is 5.69 Å². The lowest BCUT2D eigenvalue weighted by atomic mass is 10.1. The van der Waals surface area contributed by atoms with E-state index in [2.05, 4.69) is 16.4 Å². The summed E-state index contributed by atoms with van der Waals surface area (Å²) >= 11 is 1.26. The summed E-state index contributed by atoms with van der Waals surface area (Å²) in [6, 6.07) is 10.4. The van der Waals surface area contributed by atoms with Crippen LogP contribution < -0.4 is 10.1 Å². The molecule has 0 aliphatic heterocycles. The number of hydrogen-bond donors (Lipinski definition) is 1. The van der Waals surface area contributed by atoms with E-state index < -0.39 is 4.92 Å². The van der Waals surface area contributed by atoms with Gasteiger partial charge in [-0.15, -0.1) is 0 Å². The number of thioether (sulfide) groups is 1. The molecule has 3 rings (SSSR count). The predicted octanol–water partition coefficient (Wildman–Crippen LogP) is 4.14. The van der Waals surface area contributed by atoms with Crippen molar-refractivity contribution < 1.29 is 14.5 Å². The molecule has 0 aliphatic carbocycles. The second-order valence-electron chi connectivity index (χ2n) is 6.35. The molecular formula is C20H20N4O4S. The standard InChI is InChI=1S/C20H20N4O4S/c1-13-4-5-14(2)17(10-13)23-9-8-21-20(23)29-12-19(25)22-16-7-6-15(28-3)11-18(16)24(26)27/h4-11H,12H2,1-3H3,(H,22,25). The fourth-order valence-electron chi connectivity index (χ4n) is 2.77. The summed E-state index contributed by atoms with van der Waals surface area (Å²) in [5.41, 5.74) is 3.11. The number of anilines is 1. The minimum atomic E-state index is -0.557. The van der Waals surface area contributed by atoms with Gasteiger partial charge in [0, 0.05) is 12.4 Å². The van der Waals surface area contributed by atoms with Crippen molar-refractivity contribution in [3.05, 3.63) is 70.0 Å². The highest BCUT2D eigenvalue weighted by molar-refractivity contribution is 7.99. The predicted molar refractivity (Wildman–Crippen MR) is 112 cm³/mol. The fourth-order valence-corrected chi connectivity index (χ4v) is 3.54. The van der Waals surface area contributed by atoms with Gasteiger partial charge in [-0.3, -0.25) is 19.5 Å².